The third-order valence-corrected chi connectivity index (χ3v) is 3.57. The molecule has 25 heavy (non-hydrogen) atoms. The Morgan fingerprint density at radius 1 is 1.00 bits per heavy atom. The molecule has 3 aromatic rings. The highest BCUT2D eigenvalue weighted by Gasteiger charge is 2.30. The summed E-state index contributed by atoms with van der Waals surface area (Å²) in [5.41, 5.74) is 1.36. The Kier molecular flexibility index (Phi) is 4.59. The Morgan fingerprint density at radius 3 is 2.36 bits per heavy atom. The molecule has 0 radical (unpaired) electrons. The first-order valence-corrected chi connectivity index (χ1v) is 7.58. The van der Waals surface area contributed by atoms with E-state index in [0.717, 1.165) is 29.8 Å². The van der Waals surface area contributed by atoms with Crippen LogP contribution in [0.3, 0.4) is 0 Å². The molecule has 0 aliphatic heterocycles. The quantitative estimate of drug-likeness (QED) is 0.698. The first-order valence-electron chi connectivity index (χ1n) is 7.58. The maximum absolute atomic E-state index is 12.8. The predicted molar refractivity (Wildman–Crippen MR) is 87.6 cm³/mol. The van der Waals surface area contributed by atoms with Crippen molar-refractivity contribution in [1.29, 1.82) is 0 Å². The minimum Gasteiger partial charge on any atom is -0.334 e. The molecule has 0 aliphatic rings. The third-order valence-electron chi connectivity index (χ3n) is 3.57. The Bertz CT molecular complexity index is 855. The molecule has 130 valence electrons. The molecule has 2 aromatic carbocycles. The lowest BCUT2D eigenvalue weighted by Gasteiger charge is -2.09. The smallest absolute Gasteiger partial charge is 0.334 e. The molecule has 0 saturated heterocycles. The summed E-state index contributed by atoms with van der Waals surface area (Å²) in [6, 6.07) is 12.5. The molecule has 7 heteroatoms. The first-order chi connectivity index (χ1) is 11.8. The Labute approximate surface area is 142 Å². The van der Waals surface area contributed by atoms with E-state index >= 15 is 0 Å². The van der Waals surface area contributed by atoms with E-state index < -0.39 is 11.7 Å². The lowest BCUT2D eigenvalue weighted by molar-refractivity contribution is -0.137. The van der Waals surface area contributed by atoms with Gasteiger partial charge >= 0.3 is 6.18 Å². The maximum Gasteiger partial charge on any atom is 0.416 e. The van der Waals surface area contributed by atoms with Crippen molar-refractivity contribution in [3.05, 3.63) is 59.7 Å². The largest absolute Gasteiger partial charge is 0.416 e. The summed E-state index contributed by atoms with van der Waals surface area (Å²) in [4.78, 5) is 6.26. The van der Waals surface area contributed by atoms with Crippen LogP contribution in [0.4, 0.5) is 13.2 Å². The molecule has 0 aliphatic carbocycles. The van der Waals surface area contributed by atoms with Crippen molar-refractivity contribution in [3.63, 3.8) is 0 Å². The average molecular weight is 347 g/mol. The van der Waals surface area contributed by atoms with Gasteiger partial charge in [-0.25, -0.2) is 0 Å². The first kappa shape index (κ1) is 17.2. The lowest BCUT2D eigenvalue weighted by Crippen LogP contribution is -2.10. The van der Waals surface area contributed by atoms with E-state index in [1.807, 2.05) is 38.4 Å². The van der Waals surface area contributed by atoms with E-state index in [1.165, 1.54) is 12.1 Å². The summed E-state index contributed by atoms with van der Waals surface area (Å²) in [5.74, 6) is 0.391. The standard InChI is InChI=1S/C18H16F3N3O/c1-24(2)11-12-6-8-13(9-7-12)16-22-17(25-23-16)14-4-3-5-15(10-14)18(19,20)21/h3-10H,11H2,1-2H3. The summed E-state index contributed by atoms with van der Waals surface area (Å²) in [6.45, 7) is 0.808. The second-order valence-corrected chi connectivity index (χ2v) is 5.94. The molecule has 4 nitrogen and oxygen atoms in total. The zero-order valence-corrected chi connectivity index (χ0v) is 13.7. The molecule has 1 heterocycles. The van der Waals surface area contributed by atoms with Crippen LogP contribution < -0.4 is 0 Å². The van der Waals surface area contributed by atoms with Crippen LogP contribution in [0.5, 0.6) is 0 Å². The van der Waals surface area contributed by atoms with Gasteiger partial charge in [-0.3, -0.25) is 0 Å². The molecule has 0 N–H and O–H groups in total. The van der Waals surface area contributed by atoms with Crippen molar-refractivity contribution < 1.29 is 17.7 Å². The van der Waals surface area contributed by atoms with Gasteiger partial charge < -0.3 is 9.42 Å². The molecule has 0 fully saturated rings. The molecular weight excluding hydrogens is 331 g/mol. The van der Waals surface area contributed by atoms with Gasteiger partial charge in [0.25, 0.3) is 5.89 Å². The average Bonchev–Trinajstić information content (AvgIpc) is 3.04. The number of hydrogen-bond acceptors (Lipinski definition) is 4. The van der Waals surface area contributed by atoms with Crippen molar-refractivity contribution in [3.8, 4) is 22.8 Å². The second-order valence-electron chi connectivity index (χ2n) is 5.94. The van der Waals surface area contributed by atoms with Crippen LogP contribution in [0.25, 0.3) is 22.8 Å². The van der Waals surface area contributed by atoms with Crippen LogP contribution >= 0.6 is 0 Å². The highest BCUT2D eigenvalue weighted by Crippen LogP contribution is 2.32. The van der Waals surface area contributed by atoms with E-state index in [0.29, 0.717) is 5.82 Å². The fourth-order valence-electron chi connectivity index (χ4n) is 2.41. The summed E-state index contributed by atoms with van der Waals surface area (Å²) in [7, 11) is 3.96. The number of aromatic nitrogens is 2. The molecule has 3 rings (SSSR count). The van der Waals surface area contributed by atoms with Gasteiger partial charge in [0.05, 0.1) is 5.56 Å². The summed E-state index contributed by atoms with van der Waals surface area (Å²) in [5, 5.41) is 3.87. The Morgan fingerprint density at radius 2 is 1.72 bits per heavy atom. The third kappa shape index (κ3) is 4.06. The molecule has 0 amide bonds. The number of halogens is 3. The maximum atomic E-state index is 12.8. The van der Waals surface area contributed by atoms with Gasteiger partial charge in [-0.15, -0.1) is 0 Å². The summed E-state index contributed by atoms with van der Waals surface area (Å²) in [6.07, 6.45) is -4.42. The summed E-state index contributed by atoms with van der Waals surface area (Å²) >= 11 is 0. The summed E-state index contributed by atoms with van der Waals surface area (Å²) < 4.78 is 43.6. The van der Waals surface area contributed by atoms with Crippen LogP contribution in [0.2, 0.25) is 0 Å². The number of benzene rings is 2. The second kappa shape index (κ2) is 6.68. The number of nitrogens with zero attached hydrogens (tertiary/aromatic N) is 3. The molecule has 0 spiro atoms. The van der Waals surface area contributed by atoms with Crippen molar-refractivity contribution in [1.82, 2.24) is 15.0 Å². The van der Waals surface area contributed by atoms with Crippen LogP contribution in [-0.2, 0) is 12.7 Å². The van der Waals surface area contributed by atoms with E-state index in [-0.39, 0.29) is 11.5 Å². The van der Waals surface area contributed by atoms with Gasteiger partial charge in [0.15, 0.2) is 0 Å². The minimum atomic E-state index is -4.42. The van der Waals surface area contributed by atoms with Gasteiger partial charge in [0, 0.05) is 17.7 Å². The SMILES string of the molecule is CN(C)Cc1ccc(-c2noc(-c3cccc(C(F)(F)F)c3)n2)cc1. The van der Waals surface area contributed by atoms with Gasteiger partial charge in [0.2, 0.25) is 5.82 Å². The van der Waals surface area contributed by atoms with E-state index in [2.05, 4.69) is 15.0 Å². The van der Waals surface area contributed by atoms with Gasteiger partial charge in [-0.2, -0.15) is 18.2 Å². The monoisotopic (exact) mass is 347 g/mol. The molecule has 0 unspecified atom stereocenters. The Hall–Kier alpha value is -2.67. The van der Waals surface area contributed by atoms with E-state index in [9.17, 15) is 13.2 Å². The zero-order chi connectivity index (χ0) is 18.0. The number of alkyl halides is 3. The normalized spacial score (nSPS) is 11.9. The number of hydrogen-bond donors (Lipinski definition) is 0. The van der Waals surface area contributed by atoms with Crippen LogP contribution in [0, 0.1) is 0 Å². The fraction of sp³-hybridized carbons (Fsp3) is 0.222. The van der Waals surface area contributed by atoms with Crippen molar-refractivity contribution in [2.75, 3.05) is 14.1 Å². The zero-order valence-electron chi connectivity index (χ0n) is 13.7. The Balaban J connectivity index is 1.85. The van der Waals surface area contributed by atoms with Crippen LogP contribution in [-0.4, -0.2) is 29.1 Å². The highest BCUT2D eigenvalue weighted by atomic mass is 19.4. The molecular formula is C18H16F3N3O. The van der Waals surface area contributed by atoms with Crippen molar-refractivity contribution in [2.24, 2.45) is 0 Å². The van der Waals surface area contributed by atoms with Crippen molar-refractivity contribution >= 4 is 0 Å². The van der Waals surface area contributed by atoms with Crippen LogP contribution in [0.15, 0.2) is 53.1 Å². The van der Waals surface area contributed by atoms with E-state index in [1.54, 1.807) is 0 Å². The van der Waals surface area contributed by atoms with E-state index in [4.69, 9.17) is 4.52 Å². The van der Waals surface area contributed by atoms with Gasteiger partial charge in [0.1, 0.15) is 0 Å². The van der Waals surface area contributed by atoms with Gasteiger partial charge in [-0.05, 0) is 37.9 Å². The highest BCUT2D eigenvalue weighted by molar-refractivity contribution is 5.60. The van der Waals surface area contributed by atoms with Crippen molar-refractivity contribution in [2.45, 2.75) is 12.7 Å². The topological polar surface area (TPSA) is 42.2 Å². The van der Waals surface area contributed by atoms with Gasteiger partial charge in [-0.1, -0.05) is 35.5 Å². The molecule has 0 saturated carbocycles. The molecule has 0 bridgehead atoms. The number of rotatable bonds is 4. The predicted octanol–water partition coefficient (Wildman–Crippen LogP) is 4.48. The molecule has 1 aromatic heterocycles. The minimum absolute atomic E-state index is 0.0541. The lowest BCUT2D eigenvalue weighted by atomic mass is 10.1. The molecule has 0 atom stereocenters. The van der Waals surface area contributed by atoms with Crippen LogP contribution in [0.1, 0.15) is 11.1 Å². The fourth-order valence-corrected chi connectivity index (χ4v) is 2.41.